The van der Waals surface area contributed by atoms with E-state index >= 15 is 0 Å². The first-order valence-corrected chi connectivity index (χ1v) is 4.10. The van der Waals surface area contributed by atoms with Gasteiger partial charge in [-0.05, 0) is 34.9 Å². The van der Waals surface area contributed by atoms with Crippen LogP contribution in [0.15, 0.2) is 41.0 Å². The normalized spacial score (nSPS) is 21.2. The van der Waals surface area contributed by atoms with Crippen LogP contribution in [0, 0.1) is 6.85 Å². The summed E-state index contributed by atoms with van der Waals surface area (Å²) in [6, 6.07) is -2.69. The minimum Gasteiger partial charge on any atom is -0.240 e. The molecule has 2 nitrogen and oxygen atoms in total. The minimum absolute atomic E-state index is 0.0317. The smallest absolute Gasteiger partial charge is 0.0872 e. The van der Waals surface area contributed by atoms with Crippen LogP contribution < -0.4 is 0 Å². The van der Waals surface area contributed by atoms with E-state index in [1.54, 1.807) is 0 Å². The van der Waals surface area contributed by atoms with Crippen molar-refractivity contribution < 1.29 is 12.3 Å². The molecule has 2 aromatic rings. The van der Waals surface area contributed by atoms with E-state index < -0.39 is 36.6 Å². The summed E-state index contributed by atoms with van der Waals surface area (Å²) < 4.78 is 69.5. The summed E-state index contributed by atoms with van der Waals surface area (Å²) in [5.74, 6) is 0. The predicted molar refractivity (Wildman–Crippen MR) is 56.0 cm³/mol. The molecule has 1 aromatic heterocycles. The molecule has 3 heteroatoms. The van der Waals surface area contributed by atoms with E-state index in [0.29, 0.717) is 0 Å². The average molecular weight is 246 g/mol. The van der Waals surface area contributed by atoms with E-state index in [-0.39, 0.29) is 22.5 Å². The van der Waals surface area contributed by atoms with Gasteiger partial charge in [-0.15, -0.1) is 0 Å². The zero-order chi connectivity index (χ0) is 17.0. The van der Waals surface area contributed by atoms with Crippen molar-refractivity contribution in [3.63, 3.8) is 0 Å². The number of rotatable bonds is 1. The number of nitrogens with zero attached hydrogens (tertiary/aromatic N) is 2. The van der Waals surface area contributed by atoms with Crippen molar-refractivity contribution in [1.82, 2.24) is 9.78 Å². The van der Waals surface area contributed by atoms with E-state index in [9.17, 15) is 0 Å². The Hall–Kier alpha value is -1.09. The lowest BCUT2D eigenvalue weighted by Gasteiger charge is -2.00. The fourth-order valence-corrected chi connectivity index (χ4v) is 1.00. The Balaban J connectivity index is 2.88. The van der Waals surface area contributed by atoms with Gasteiger partial charge in [-0.3, -0.25) is 0 Å². The molecule has 0 radical (unpaired) electrons. The van der Waals surface area contributed by atoms with Crippen LogP contribution in [-0.2, 0) is 0 Å². The van der Waals surface area contributed by atoms with Gasteiger partial charge in [0.15, 0.2) is 0 Å². The molecular weight excluding hydrogens is 228 g/mol. The first kappa shape index (κ1) is 2.95. The van der Waals surface area contributed by atoms with Gasteiger partial charge in [0.1, 0.15) is 0 Å². The molecule has 1 aromatic carbocycles. The maximum Gasteiger partial charge on any atom is 0.0872 e. The first-order valence-electron chi connectivity index (χ1n) is 7.81. The van der Waals surface area contributed by atoms with Crippen molar-refractivity contribution in [3.05, 3.63) is 46.6 Å². The van der Waals surface area contributed by atoms with Gasteiger partial charge in [-0.2, -0.15) is 5.10 Å². The van der Waals surface area contributed by atoms with Crippen LogP contribution in [0.3, 0.4) is 0 Å². The number of halogens is 1. The molecule has 0 spiro atoms. The van der Waals surface area contributed by atoms with Gasteiger partial charge >= 0.3 is 0 Å². The van der Waals surface area contributed by atoms with Crippen LogP contribution in [0.1, 0.15) is 17.9 Å². The molecule has 0 saturated carbocycles. The molecule has 0 bridgehead atoms. The van der Waals surface area contributed by atoms with Crippen LogP contribution in [0.5, 0.6) is 0 Å². The van der Waals surface area contributed by atoms with E-state index in [4.69, 9.17) is 12.3 Å². The van der Waals surface area contributed by atoms with Gasteiger partial charge in [0, 0.05) is 10.3 Å². The zero-order valence-electron chi connectivity index (χ0n) is 15.3. The quantitative estimate of drug-likeness (QED) is 0.756. The largest absolute Gasteiger partial charge is 0.240 e. The second-order valence-corrected chi connectivity index (χ2v) is 2.97. The molecule has 0 aliphatic heterocycles. The summed E-state index contributed by atoms with van der Waals surface area (Å²) in [6.45, 7) is -2.80. The fourth-order valence-electron chi connectivity index (χ4n) is 0.755. The van der Waals surface area contributed by atoms with Crippen molar-refractivity contribution >= 4 is 15.9 Å². The third-order valence-corrected chi connectivity index (χ3v) is 1.63. The molecule has 66 valence electrons. The molecule has 0 unspecified atom stereocenters. The molecule has 0 atom stereocenters. The van der Waals surface area contributed by atoms with Gasteiger partial charge in [0.05, 0.1) is 24.6 Å². The summed E-state index contributed by atoms with van der Waals surface area (Å²) in [5, 5.41) is 3.68. The van der Waals surface area contributed by atoms with Crippen LogP contribution in [-0.4, -0.2) is 9.78 Å². The molecule has 0 N–H and O–H groups in total. The first-order chi connectivity index (χ1) is 9.98. The second-order valence-electron chi connectivity index (χ2n) is 2.17. The molecule has 0 saturated heterocycles. The molecule has 0 amide bonds. The Labute approximate surface area is 98.0 Å². The highest BCUT2D eigenvalue weighted by Crippen LogP contribution is 2.12. The van der Waals surface area contributed by atoms with Crippen molar-refractivity contribution in [2.24, 2.45) is 0 Å². The minimum atomic E-state index is -2.80. The van der Waals surface area contributed by atoms with Crippen LogP contribution >= 0.6 is 15.9 Å². The van der Waals surface area contributed by atoms with E-state index in [1.807, 2.05) is 0 Å². The van der Waals surface area contributed by atoms with E-state index in [0.717, 1.165) is 4.68 Å². The monoisotopic (exact) mass is 245 g/mol. The lowest BCUT2D eigenvalue weighted by atomic mass is 10.2. The lowest BCUT2D eigenvalue weighted by Crippen LogP contribution is -1.93. The highest BCUT2D eigenvalue weighted by atomic mass is 79.9. The third kappa shape index (κ3) is 1.80. The average Bonchev–Trinajstić information content (AvgIpc) is 2.64. The highest BCUT2D eigenvalue weighted by molar-refractivity contribution is 9.10. The Kier molecular flexibility index (Phi) is 0.759. The Bertz CT molecular complexity index is 736. The van der Waals surface area contributed by atoms with Crippen molar-refractivity contribution in [1.29, 1.82) is 0 Å². The van der Waals surface area contributed by atoms with Crippen molar-refractivity contribution in [2.45, 2.75) is 6.85 Å². The van der Waals surface area contributed by atoms with Gasteiger partial charge in [-0.25, -0.2) is 4.68 Å². The molecule has 0 fully saturated rings. The number of aromatic nitrogens is 2. The summed E-state index contributed by atoms with van der Waals surface area (Å²) in [7, 11) is 0. The molecular formula is C10H9BrN2. The lowest BCUT2D eigenvalue weighted by molar-refractivity contribution is 0.880. The van der Waals surface area contributed by atoms with Crippen LogP contribution in [0.2, 0.25) is 0 Å². The fraction of sp³-hybridized carbons (Fsp3) is 0.100. The zero-order valence-corrected chi connectivity index (χ0v) is 7.86. The van der Waals surface area contributed by atoms with E-state index in [1.165, 1.54) is 0 Å². The van der Waals surface area contributed by atoms with Crippen molar-refractivity contribution in [2.75, 3.05) is 0 Å². The highest BCUT2D eigenvalue weighted by Gasteiger charge is 1.97. The standard InChI is InChI=1S/C10H9BrN2/c1-8-2-4-10(5-3-8)13-7-9(11)6-12-13/h2-7H,1H3/i1D3,2D,3D,4D,5D,6D,7D. The van der Waals surface area contributed by atoms with Gasteiger partial charge < -0.3 is 0 Å². The van der Waals surface area contributed by atoms with Gasteiger partial charge in [0.2, 0.25) is 0 Å². The number of benzene rings is 1. The summed E-state index contributed by atoms with van der Waals surface area (Å²) in [5.41, 5.74) is -1.05. The second kappa shape index (κ2) is 3.34. The van der Waals surface area contributed by atoms with E-state index in [2.05, 4.69) is 21.0 Å². The Morgan fingerprint density at radius 1 is 1.46 bits per heavy atom. The molecule has 1 heterocycles. The Morgan fingerprint density at radius 3 is 2.77 bits per heavy atom. The SMILES string of the molecule is [2H]c1nn(-c2c([2H])c([2H])c(C([2H])([2H])[2H])c([2H])c2[2H])c([2H])c1Br. The topological polar surface area (TPSA) is 17.8 Å². The summed E-state index contributed by atoms with van der Waals surface area (Å²) in [4.78, 5) is 0. The van der Waals surface area contributed by atoms with Crippen LogP contribution in [0.25, 0.3) is 5.69 Å². The molecule has 0 aliphatic rings. The van der Waals surface area contributed by atoms with Gasteiger partial charge in [0.25, 0.3) is 0 Å². The molecule has 13 heavy (non-hydrogen) atoms. The molecule has 2 rings (SSSR count). The summed E-state index contributed by atoms with van der Waals surface area (Å²) >= 11 is 2.97. The van der Waals surface area contributed by atoms with Gasteiger partial charge in [-0.1, -0.05) is 17.6 Å². The maximum absolute atomic E-state index is 7.91. The van der Waals surface area contributed by atoms with Crippen molar-refractivity contribution in [3.8, 4) is 5.69 Å². The molecule has 0 aliphatic carbocycles. The summed E-state index contributed by atoms with van der Waals surface area (Å²) in [6.07, 6.45) is -0.630. The van der Waals surface area contributed by atoms with Crippen LogP contribution in [0.4, 0.5) is 0 Å². The predicted octanol–water partition coefficient (Wildman–Crippen LogP) is 2.94. The third-order valence-electron chi connectivity index (χ3n) is 1.28. The number of hydrogen-bond donors (Lipinski definition) is 0. The maximum atomic E-state index is 7.91. The Morgan fingerprint density at radius 2 is 2.23 bits per heavy atom. The number of hydrogen-bond acceptors (Lipinski definition) is 1.